The summed E-state index contributed by atoms with van der Waals surface area (Å²) in [6.07, 6.45) is 4.97. The second kappa shape index (κ2) is 9.01. The lowest BCUT2D eigenvalue weighted by Crippen LogP contribution is -2.34. The number of ether oxygens (including phenoxy) is 2. The van der Waals surface area contributed by atoms with Gasteiger partial charge in [-0.2, -0.15) is 0 Å². The summed E-state index contributed by atoms with van der Waals surface area (Å²) < 4.78 is 9.52. The standard InChI is InChI=1S/C13H17NO4.C2H6O.C2H6/c1-7-11-5-8-2-3-10(14(16)17)4-9(8)6-12(11)13(15)18-7;1-3-2;1-2/h6-8,10-12H,2-5H2,1H3;1-2H3;1-2H3/t7?,8?,10-,11?,12?;;/m1../s1. The number of carbonyl (C=O) groups is 1. The molecule has 0 aromatic heterocycles. The van der Waals surface area contributed by atoms with E-state index in [2.05, 4.69) is 4.74 Å². The summed E-state index contributed by atoms with van der Waals surface area (Å²) in [5.41, 5.74) is 1.12. The van der Waals surface area contributed by atoms with Gasteiger partial charge in [0, 0.05) is 37.9 Å². The molecule has 2 fully saturated rings. The van der Waals surface area contributed by atoms with Crippen LogP contribution in [0.5, 0.6) is 0 Å². The van der Waals surface area contributed by atoms with Crippen LogP contribution in [0.3, 0.4) is 0 Å². The van der Waals surface area contributed by atoms with E-state index in [0.717, 1.165) is 18.4 Å². The lowest BCUT2D eigenvalue weighted by Gasteiger charge is -2.34. The molecule has 3 rings (SSSR count). The Bertz CT molecular complexity index is 448. The molecule has 0 aromatic carbocycles. The van der Waals surface area contributed by atoms with E-state index in [4.69, 9.17) is 4.74 Å². The molecule has 23 heavy (non-hydrogen) atoms. The third-order valence-electron chi connectivity index (χ3n) is 4.73. The summed E-state index contributed by atoms with van der Waals surface area (Å²) >= 11 is 0. The van der Waals surface area contributed by atoms with E-state index in [1.807, 2.05) is 26.8 Å². The fraction of sp³-hybridized carbons (Fsp3) is 0.824. The van der Waals surface area contributed by atoms with Crippen molar-refractivity contribution in [2.45, 2.75) is 58.6 Å². The molecule has 0 aromatic rings. The van der Waals surface area contributed by atoms with Gasteiger partial charge in [-0.05, 0) is 25.7 Å². The van der Waals surface area contributed by atoms with Crippen LogP contribution in [0.1, 0.15) is 46.5 Å². The molecule has 0 bridgehead atoms. The number of methoxy groups -OCH3 is 1. The predicted octanol–water partition coefficient (Wildman–Crippen LogP) is 3.23. The lowest BCUT2D eigenvalue weighted by molar-refractivity contribution is -0.524. The summed E-state index contributed by atoms with van der Waals surface area (Å²) in [6, 6.07) is -0.459. The maximum atomic E-state index is 11.7. The smallest absolute Gasteiger partial charge is 0.313 e. The van der Waals surface area contributed by atoms with Crippen molar-refractivity contribution >= 4 is 5.97 Å². The van der Waals surface area contributed by atoms with Gasteiger partial charge in [-0.3, -0.25) is 14.9 Å². The van der Waals surface area contributed by atoms with Gasteiger partial charge in [-0.15, -0.1) is 0 Å². The molecule has 2 aliphatic carbocycles. The molecule has 3 aliphatic rings. The topological polar surface area (TPSA) is 78.7 Å². The summed E-state index contributed by atoms with van der Waals surface area (Å²) in [5.74, 6) is 0.399. The average molecular weight is 327 g/mol. The third-order valence-corrected chi connectivity index (χ3v) is 4.73. The highest BCUT2D eigenvalue weighted by Gasteiger charge is 2.47. The minimum absolute atomic E-state index is 0.00598. The molecule has 1 aliphatic heterocycles. The number of nitrogens with zero attached hydrogens (tertiary/aromatic N) is 1. The number of carbonyl (C=O) groups excluding carboxylic acids is 1. The van der Waals surface area contributed by atoms with Gasteiger partial charge in [0.15, 0.2) is 0 Å². The van der Waals surface area contributed by atoms with Crippen LogP contribution >= 0.6 is 0 Å². The van der Waals surface area contributed by atoms with Crippen LogP contribution in [0.25, 0.3) is 0 Å². The largest absolute Gasteiger partial charge is 0.462 e. The van der Waals surface area contributed by atoms with Gasteiger partial charge >= 0.3 is 5.97 Å². The van der Waals surface area contributed by atoms with Crippen LogP contribution < -0.4 is 0 Å². The van der Waals surface area contributed by atoms with Crippen molar-refractivity contribution in [3.05, 3.63) is 21.8 Å². The zero-order valence-corrected chi connectivity index (χ0v) is 14.8. The van der Waals surface area contributed by atoms with E-state index in [1.165, 1.54) is 0 Å². The van der Waals surface area contributed by atoms with E-state index < -0.39 is 6.04 Å². The molecule has 1 saturated carbocycles. The molecule has 0 spiro atoms. The molecule has 1 saturated heterocycles. The molecule has 0 N–H and O–H groups in total. The Balaban J connectivity index is 0.000000477. The van der Waals surface area contributed by atoms with E-state index in [0.29, 0.717) is 18.8 Å². The quantitative estimate of drug-likeness (QED) is 0.320. The predicted molar refractivity (Wildman–Crippen MR) is 87.6 cm³/mol. The molecule has 4 unspecified atom stereocenters. The molecule has 1 heterocycles. The molecule has 0 amide bonds. The fourth-order valence-electron chi connectivity index (χ4n) is 3.68. The Morgan fingerprint density at radius 2 is 1.91 bits per heavy atom. The summed E-state index contributed by atoms with van der Waals surface area (Å²) in [5, 5.41) is 10.9. The first kappa shape index (κ1) is 19.6. The number of fused-ring (bicyclic) bond motifs is 2. The SMILES string of the molecule is CC.CC1OC(=O)C2C=C3C[C@H]([N+](=O)[O-])CCC3CC12.COC. The molecule has 6 heteroatoms. The van der Waals surface area contributed by atoms with Crippen LogP contribution in [-0.4, -0.2) is 37.3 Å². The maximum Gasteiger partial charge on any atom is 0.313 e. The lowest BCUT2D eigenvalue weighted by atomic mass is 9.68. The van der Waals surface area contributed by atoms with Gasteiger partial charge in [-0.1, -0.05) is 25.5 Å². The molecule has 0 radical (unpaired) electrons. The first-order valence-corrected chi connectivity index (χ1v) is 8.42. The minimum atomic E-state index is -0.459. The number of hydrogen-bond donors (Lipinski definition) is 0. The van der Waals surface area contributed by atoms with Gasteiger partial charge < -0.3 is 9.47 Å². The van der Waals surface area contributed by atoms with Crippen molar-refractivity contribution in [1.82, 2.24) is 0 Å². The van der Waals surface area contributed by atoms with E-state index in [9.17, 15) is 14.9 Å². The van der Waals surface area contributed by atoms with Gasteiger partial charge in [-0.25, -0.2) is 0 Å². The Labute approximate surface area is 138 Å². The van der Waals surface area contributed by atoms with E-state index in [1.54, 1.807) is 14.2 Å². The van der Waals surface area contributed by atoms with Crippen molar-refractivity contribution in [3.8, 4) is 0 Å². The van der Waals surface area contributed by atoms with Crippen molar-refractivity contribution in [2.24, 2.45) is 17.8 Å². The average Bonchev–Trinajstić information content (AvgIpc) is 2.81. The molecule has 5 atom stereocenters. The van der Waals surface area contributed by atoms with Gasteiger partial charge in [0.25, 0.3) is 0 Å². The molecular weight excluding hydrogens is 298 g/mol. The fourth-order valence-corrected chi connectivity index (χ4v) is 3.68. The number of rotatable bonds is 1. The highest BCUT2D eigenvalue weighted by Crippen LogP contribution is 2.46. The monoisotopic (exact) mass is 327 g/mol. The Hall–Kier alpha value is -1.43. The normalized spacial score (nSPS) is 34.4. The summed E-state index contributed by atoms with van der Waals surface area (Å²) in [4.78, 5) is 22.4. The van der Waals surface area contributed by atoms with E-state index in [-0.39, 0.29) is 28.8 Å². The Kier molecular flexibility index (Phi) is 7.68. The van der Waals surface area contributed by atoms with Crippen molar-refractivity contribution < 1.29 is 19.2 Å². The van der Waals surface area contributed by atoms with Gasteiger partial charge in [0.2, 0.25) is 6.04 Å². The summed E-state index contributed by atoms with van der Waals surface area (Å²) in [6.45, 7) is 5.95. The van der Waals surface area contributed by atoms with Crippen molar-refractivity contribution in [3.63, 3.8) is 0 Å². The van der Waals surface area contributed by atoms with Crippen molar-refractivity contribution in [1.29, 1.82) is 0 Å². The Morgan fingerprint density at radius 1 is 1.30 bits per heavy atom. The third kappa shape index (κ3) is 4.53. The molecule has 6 nitrogen and oxygen atoms in total. The number of cyclic esters (lactones) is 1. The number of esters is 1. The zero-order valence-electron chi connectivity index (χ0n) is 14.8. The van der Waals surface area contributed by atoms with Gasteiger partial charge in [0.1, 0.15) is 6.10 Å². The minimum Gasteiger partial charge on any atom is -0.462 e. The van der Waals surface area contributed by atoms with Crippen molar-refractivity contribution in [2.75, 3.05) is 14.2 Å². The van der Waals surface area contributed by atoms with Crippen LogP contribution in [0, 0.1) is 27.9 Å². The first-order chi connectivity index (χ1) is 11.0. The summed E-state index contributed by atoms with van der Waals surface area (Å²) in [7, 11) is 3.25. The maximum absolute atomic E-state index is 11.7. The van der Waals surface area contributed by atoms with Crippen LogP contribution in [0.4, 0.5) is 0 Å². The van der Waals surface area contributed by atoms with Crippen LogP contribution in [0.2, 0.25) is 0 Å². The second-order valence-electron chi connectivity index (χ2n) is 6.13. The highest BCUT2D eigenvalue weighted by atomic mass is 16.6. The number of nitro groups is 1. The molecular formula is C17H29NO5. The molecule has 132 valence electrons. The van der Waals surface area contributed by atoms with Crippen LogP contribution in [0.15, 0.2) is 11.6 Å². The number of hydrogen-bond acceptors (Lipinski definition) is 5. The van der Waals surface area contributed by atoms with E-state index >= 15 is 0 Å². The first-order valence-electron chi connectivity index (χ1n) is 8.42. The van der Waals surface area contributed by atoms with Gasteiger partial charge in [0.05, 0.1) is 5.92 Å². The zero-order chi connectivity index (χ0) is 17.6. The van der Waals surface area contributed by atoms with Crippen LogP contribution in [-0.2, 0) is 14.3 Å². The highest BCUT2D eigenvalue weighted by molar-refractivity contribution is 5.77. The second-order valence-corrected chi connectivity index (χ2v) is 6.13. The Morgan fingerprint density at radius 3 is 2.48 bits per heavy atom.